The molecule has 2 amide bonds. The van der Waals surface area contributed by atoms with E-state index in [0.29, 0.717) is 16.3 Å². The maximum atomic E-state index is 12.1. The number of rotatable bonds is 2. The summed E-state index contributed by atoms with van der Waals surface area (Å²) >= 11 is 1.28. The van der Waals surface area contributed by atoms with Crippen LogP contribution in [0.15, 0.2) is 30.5 Å². The normalized spacial score (nSPS) is 13.4. The summed E-state index contributed by atoms with van der Waals surface area (Å²) < 4.78 is 0. The first-order valence-corrected chi connectivity index (χ1v) is 6.14. The molecular formula is C12H10ClN3O2S. The topological polar surface area (TPSA) is 76.3 Å². The SMILES string of the molecule is Cl.Nc1ncc(CN2C(=O)c3ccccc3C2=O)s1. The molecule has 0 saturated heterocycles. The predicted octanol–water partition coefficient (Wildman–Crippen LogP) is 1.94. The molecule has 0 aliphatic carbocycles. The second-order valence-electron chi connectivity index (χ2n) is 3.91. The first-order chi connectivity index (χ1) is 8.66. The fourth-order valence-electron chi connectivity index (χ4n) is 1.93. The van der Waals surface area contributed by atoms with Crippen molar-refractivity contribution in [3.8, 4) is 0 Å². The molecule has 19 heavy (non-hydrogen) atoms. The molecule has 0 fully saturated rings. The number of carbonyl (C=O) groups excluding carboxylic acids is 2. The Morgan fingerprint density at radius 1 is 1.16 bits per heavy atom. The smallest absolute Gasteiger partial charge is 0.261 e. The Morgan fingerprint density at radius 2 is 1.74 bits per heavy atom. The fraction of sp³-hybridized carbons (Fsp3) is 0.0833. The van der Waals surface area contributed by atoms with Crippen LogP contribution in [-0.4, -0.2) is 21.7 Å². The molecule has 1 aromatic carbocycles. The molecular weight excluding hydrogens is 286 g/mol. The second kappa shape index (κ2) is 4.99. The van der Waals surface area contributed by atoms with Crippen molar-refractivity contribution in [2.24, 2.45) is 0 Å². The van der Waals surface area contributed by atoms with E-state index >= 15 is 0 Å². The molecule has 2 heterocycles. The van der Waals surface area contributed by atoms with Crippen molar-refractivity contribution in [2.75, 3.05) is 5.73 Å². The molecule has 98 valence electrons. The number of halogens is 1. The molecule has 0 saturated carbocycles. The van der Waals surface area contributed by atoms with E-state index < -0.39 is 0 Å². The number of imide groups is 1. The van der Waals surface area contributed by atoms with Crippen LogP contribution in [0.4, 0.5) is 5.13 Å². The zero-order chi connectivity index (χ0) is 12.7. The van der Waals surface area contributed by atoms with Gasteiger partial charge in [-0.15, -0.1) is 23.7 Å². The Labute approximate surface area is 119 Å². The molecule has 0 radical (unpaired) electrons. The first kappa shape index (κ1) is 13.5. The number of benzene rings is 1. The molecule has 0 atom stereocenters. The number of carbonyl (C=O) groups is 2. The van der Waals surface area contributed by atoms with E-state index in [1.807, 2.05) is 0 Å². The maximum Gasteiger partial charge on any atom is 0.261 e. The number of anilines is 1. The lowest BCUT2D eigenvalue weighted by Crippen LogP contribution is -2.28. The van der Waals surface area contributed by atoms with Crippen molar-refractivity contribution in [1.29, 1.82) is 0 Å². The summed E-state index contributed by atoms with van der Waals surface area (Å²) in [6.07, 6.45) is 1.59. The Hall–Kier alpha value is -1.92. The van der Waals surface area contributed by atoms with Crippen LogP contribution in [0.1, 0.15) is 25.6 Å². The standard InChI is InChI=1S/C12H9N3O2S.ClH/c13-12-14-5-7(18-12)6-15-10(16)8-3-1-2-4-9(8)11(15)17;/h1-5H,6H2,(H2,13,14);1H. The Balaban J connectivity index is 0.00000133. The van der Waals surface area contributed by atoms with Crippen molar-refractivity contribution >= 4 is 40.7 Å². The lowest BCUT2D eigenvalue weighted by atomic mass is 10.1. The van der Waals surface area contributed by atoms with Crippen molar-refractivity contribution in [1.82, 2.24) is 9.88 Å². The summed E-state index contributed by atoms with van der Waals surface area (Å²) in [5.74, 6) is -0.523. The largest absolute Gasteiger partial charge is 0.375 e. The van der Waals surface area contributed by atoms with E-state index in [9.17, 15) is 9.59 Å². The molecule has 0 spiro atoms. The third kappa shape index (κ3) is 2.20. The van der Waals surface area contributed by atoms with Gasteiger partial charge in [-0.25, -0.2) is 4.98 Å². The number of nitrogens with two attached hydrogens (primary N) is 1. The third-order valence-electron chi connectivity index (χ3n) is 2.76. The Bertz CT molecular complexity index is 621. The van der Waals surface area contributed by atoms with Crippen LogP contribution in [0.5, 0.6) is 0 Å². The van der Waals surface area contributed by atoms with Gasteiger partial charge in [-0.3, -0.25) is 14.5 Å². The van der Waals surface area contributed by atoms with Crippen LogP contribution in [0.3, 0.4) is 0 Å². The van der Waals surface area contributed by atoms with Crippen LogP contribution in [0, 0.1) is 0 Å². The number of nitrogen functional groups attached to an aromatic ring is 1. The lowest BCUT2D eigenvalue weighted by Gasteiger charge is -2.11. The molecule has 2 N–H and O–H groups in total. The van der Waals surface area contributed by atoms with Crippen molar-refractivity contribution < 1.29 is 9.59 Å². The van der Waals surface area contributed by atoms with Gasteiger partial charge in [0.15, 0.2) is 5.13 Å². The summed E-state index contributed by atoms with van der Waals surface area (Å²) in [6, 6.07) is 6.82. The highest BCUT2D eigenvalue weighted by Gasteiger charge is 2.35. The highest BCUT2D eigenvalue weighted by molar-refractivity contribution is 7.15. The monoisotopic (exact) mass is 295 g/mol. The van der Waals surface area contributed by atoms with Crippen molar-refractivity contribution in [2.45, 2.75) is 6.54 Å². The van der Waals surface area contributed by atoms with Gasteiger partial charge >= 0.3 is 0 Å². The van der Waals surface area contributed by atoms with E-state index in [-0.39, 0.29) is 30.8 Å². The Morgan fingerprint density at radius 3 is 2.21 bits per heavy atom. The summed E-state index contributed by atoms with van der Waals surface area (Å²) in [4.78, 5) is 30.1. The van der Waals surface area contributed by atoms with Crippen molar-refractivity contribution in [3.05, 3.63) is 46.5 Å². The molecule has 0 bridgehead atoms. The minimum Gasteiger partial charge on any atom is -0.375 e. The van der Waals surface area contributed by atoms with Gasteiger partial charge in [0.05, 0.1) is 17.7 Å². The third-order valence-corrected chi connectivity index (χ3v) is 3.57. The number of amides is 2. The predicted molar refractivity (Wildman–Crippen MR) is 74.4 cm³/mol. The number of thiazole rings is 1. The quantitative estimate of drug-likeness (QED) is 0.859. The van der Waals surface area contributed by atoms with Crippen molar-refractivity contribution in [3.63, 3.8) is 0 Å². The summed E-state index contributed by atoms with van der Waals surface area (Å²) in [6.45, 7) is 0.223. The summed E-state index contributed by atoms with van der Waals surface area (Å²) in [5.41, 5.74) is 6.44. The molecule has 0 unspecified atom stereocenters. The number of aromatic nitrogens is 1. The fourth-order valence-corrected chi connectivity index (χ4v) is 2.61. The van der Waals surface area contributed by atoms with Gasteiger partial charge in [0.2, 0.25) is 0 Å². The molecule has 7 heteroatoms. The highest BCUT2D eigenvalue weighted by Crippen LogP contribution is 2.26. The molecule has 1 aliphatic heterocycles. The van der Waals surface area contributed by atoms with Gasteiger partial charge in [0, 0.05) is 11.1 Å². The van der Waals surface area contributed by atoms with E-state index in [0.717, 1.165) is 4.88 Å². The van der Waals surface area contributed by atoms with Crippen LogP contribution in [-0.2, 0) is 6.54 Å². The van der Waals surface area contributed by atoms with E-state index in [1.165, 1.54) is 16.2 Å². The maximum absolute atomic E-state index is 12.1. The van der Waals surface area contributed by atoms with Crippen LogP contribution in [0.25, 0.3) is 0 Å². The van der Waals surface area contributed by atoms with Gasteiger partial charge in [-0.1, -0.05) is 12.1 Å². The minimum absolute atomic E-state index is 0. The van der Waals surface area contributed by atoms with E-state index in [2.05, 4.69) is 4.98 Å². The minimum atomic E-state index is -0.262. The zero-order valence-electron chi connectivity index (χ0n) is 9.70. The lowest BCUT2D eigenvalue weighted by molar-refractivity contribution is 0.0644. The van der Waals surface area contributed by atoms with Gasteiger partial charge < -0.3 is 5.73 Å². The Kier molecular flexibility index (Phi) is 3.55. The number of hydrogen-bond acceptors (Lipinski definition) is 5. The average molecular weight is 296 g/mol. The van der Waals surface area contributed by atoms with Gasteiger partial charge in [-0.05, 0) is 12.1 Å². The summed E-state index contributed by atoms with van der Waals surface area (Å²) in [5, 5.41) is 0.432. The number of nitrogens with zero attached hydrogens (tertiary/aromatic N) is 2. The van der Waals surface area contributed by atoms with Gasteiger partial charge in [-0.2, -0.15) is 0 Å². The van der Waals surface area contributed by atoms with Gasteiger partial charge in [0.25, 0.3) is 11.8 Å². The molecule has 1 aromatic heterocycles. The molecule has 2 aromatic rings. The second-order valence-corrected chi connectivity index (χ2v) is 5.05. The molecule has 1 aliphatic rings. The first-order valence-electron chi connectivity index (χ1n) is 5.32. The number of fused-ring (bicyclic) bond motifs is 1. The molecule has 5 nitrogen and oxygen atoms in total. The van der Waals surface area contributed by atoms with E-state index in [4.69, 9.17) is 5.73 Å². The summed E-state index contributed by atoms with van der Waals surface area (Å²) in [7, 11) is 0. The van der Waals surface area contributed by atoms with Crippen LogP contribution < -0.4 is 5.73 Å². The number of hydrogen-bond donors (Lipinski definition) is 1. The average Bonchev–Trinajstić information content (AvgIpc) is 2.88. The highest BCUT2D eigenvalue weighted by atomic mass is 35.5. The van der Waals surface area contributed by atoms with Gasteiger partial charge in [0.1, 0.15) is 0 Å². The molecule has 3 rings (SSSR count). The zero-order valence-corrected chi connectivity index (χ0v) is 11.3. The van der Waals surface area contributed by atoms with E-state index in [1.54, 1.807) is 30.5 Å². The van der Waals surface area contributed by atoms with Crippen LogP contribution >= 0.6 is 23.7 Å². The van der Waals surface area contributed by atoms with Crippen LogP contribution in [0.2, 0.25) is 0 Å².